The highest BCUT2D eigenvalue weighted by Gasteiger charge is 2.34. The third-order valence-corrected chi connectivity index (χ3v) is 6.22. The molecule has 9 heteroatoms. The summed E-state index contributed by atoms with van der Waals surface area (Å²) in [6.45, 7) is 4.36. The van der Waals surface area contributed by atoms with Gasteiger partial charge >= 0.3 is 5.97 Å². The summed E-state index contributed by atoms with van der Waals surface area (Å²) in [5.74, 6) is 1.80. The number of carbonyl (C=O) groups excluding carboxylic acids is 1. The third-order valence-electron chi connectivity index (χ3n) is 5.00. The van der Waals surface area contributed by atoms with Gasteiger partial charge in [-0.2, -0.15) is 4.98 Å². The number of benzene rings is 2. The second-order valence-corrected chi connectivity index (χ2v) is 9.29. The number of rotatable bonds is 7. The molecule has 4 rings (SSSR count). The Bertz CT molecular complexity index is 1160. The number of fused-ring (bicyclic) bond motifs is 1. The quantitative estimate of drug-likeness (QED) is 0.343. The number of allylic oxidation sites excluding steroid dienone is 1. The van der Waals surface area contributed by atoms with Gasteiger partial charge in [-0.15, -0.1) is 5.10 Å². The van der Waals surface area contributed by atoms with Crippen LogP contribution in [0.15, 0.2) is 69.4 Å². The van der Waals surface area contributed by atoms with E-state index in [4.69, 9.17) is 9.47 Å². The summed E-state index contributed by atoms with van der Waals surface area (Å²) in [7, 11) is 1.38. The van der Waals surface area contributed by atoms with Gasteiger partial charge in [-0.1, -0.05) is 58.9 Å². The second kappa shape index (κ2) is 9.79. The SMILES string of the molecule is CCSc1nc2n(n1)C(c1ccc(OCc3cccc(Br)c3)cc1)C(C(=O)OC)=C(C)N2. The van der Waals surface area contributed by atoms with Crippen LogP contribution in [0.4, 0.5) is 5.95 Å². The zero-order valence-electron chi connectivity index (χ0n) is 18.0. The molecule has 0 aliphatic carbocycles. The summed E-state index contributed by atoms with van der Waals surface area (Å²) in [5, 5.41) is 8.48. The molecule has 3 aromatic rings. The number of hydrogen-bond acceptors (Lipinski definition) is 7. The van der Waals surface area contributed by atoms with Crippen LogP contribution in [-0.2, 0) is 16.1 Å². The average molecular weight is 515 g/mol. The van der Waals surface area contributed by atoms with Gasteiger partial charge in [0.15, 0.2) is 0 Å². The number of hydrogen-bond donors (Lipinski definition) is 1. The fourth-order valence-corrected chi connectivity index (χ4v) is 4.55. The predicted octanol–water partition coefficient (Wildman–Crippen LogP) is 5.19. The van der Waals surface area contributed by atoms with Crippen LogP contribution in [0.3, 0.4) is 0 Å². The molecule has 0 saturated heterocycles. The van der Waals surface area contributed by atoms with Crippen molar-refractivity contribution in [3.63, 3.8) is 0 Å². The van der Waals surface area contributed by atoms with E-state index >= 15 is 0 Å². The van der Waals surface area contributed by atoms with E-state index in [1.807, 2.05) is 62.4 Å². The lowest BCUT2D eigenvalue weighted by Gasteiger charge is -2.27. The number of nitrogens with one attached hydrogen (secondary N) is 1. The van der Waals surface area contributed by atoms with Crippen molar-refractivity contribution in [2.24, 2.45) is 0 Å². The number of thioether (sulfide) groups is 1. The van der Waals surface area contributed by atoms with E-state index in [0.717, 1.165) is 27.1 Å². The average Bonchev–Trinajstić information content (AvgIpc) is 3.19. The van der Waals surface area contributed by atoms with Crippen molar-refractivity contribution < 1.29 is 14.3 Å². The van der Waals surface area contributed by atoms with Crippen molar-refractivity contribution in [3.8, 4) is 5.75 Å². The Morgan fingerprint density at radius 1 is 1.25 bits per heavy atom. The molecule has 1 aromatic heterocycles. The van der Waals surface area contributed by atoms with Crippen LogP contribution in [0.2, 0.25) is 0 Å². The number of halogens is 1. The van der Waals surface area contributed by atoms with E-state index in [-0.39, 0.29) is 0 Å². The summed E-state index contributed by atoms with van der Waals surface area (Å²) in [4.78, 5) is 17.2. The van der Waals surface area contributed by atoms with E-state index in [1.54, 1.807) is 16.4 Å². The second-order valence-electron chi connectivity index (χ2n) is 7.14. The Balaban J connectivity index is 1.63. The molecule has 1 aliphatic heterocycles. The molecule has 7 nitrogen and oxygen atoms in total. The maximum absolute atomic E-state index is 12.6. The van der Waals surface area contributed by atoms with Crippen molar-refractivity contribution in [3.05, 3.63) is 75.4 Å². The zero-order chi connectivity index (χ0) is 22.7. The van der Waals surface area contributed by atoms with Crippen LogP contribution in [0, 0.1) is 0 Å². The highest BCUT2D eigenvalue weighted by atomic mass is 79.9. The Hall–Kier alpha value is -2.78. The fourth-order valence-electron chi connectivity index (χ4n) is 3.54. The molecule has 0 saturated carbocycles. The number of methoxy groups -OCH3 is 1. The number of anilines is 1. The van der Waals surface area contributed by atoms with Crippen molar-refractivity contribution in [2.45, 2.75) is 31.7 Å². The van der Waals surface area contributed by atoms with E-state index in [0.29, 0.717) is 29.0 Å². The molecule has 0 bridgehead atoms. The number of carbonyl (C=O) groups is 1. The minimum Gasteiger partial charge on any atom is -0.489 e. The molecule has 166 valence electrons. The maximum atomic E-state index is 12.6. The Labute approximate surface area is 199 Å². The first kappa shape index (κ1) is 22.4. The van der Waals surface area contributed by atoms with Gasteiger partial charge in [0.05, 0.1) is 12.7 Å². The van der Waals surface area contributed by atoms with Crippen molar-refractivity contribution in [1.82, 2.24) is 14.8 Å². The minimum absolute atomic E-state index is 0.402. The van der Waals surface area contributed by atoms with Crippen LogP contribution in [-0.4, -0.2) is 33.6 Å². The molecule has 1 atom stereocenters. The van der Waals surface area contributed by atoms with E-state index < -0.39 is 12.0 Å². The summed E-state index contributed by atoms with van der Waals surface area (Å²) >= 11 is 5.03. The van der Waals surface area contributed by atoms with Gasteiger partial charge in [0.1, 0.15) is 18.4 Å². The molecular formula is C23H23BrN4O3S. The molecule has 0 fully saturated rings. The van der Waals surface area contributed by atoms with Crippen molar-refractivity contribution in [1.29, 1.82) is 0 Å². The van der Waals surface area contributed by atoms with Gasteiger partial charge in [0.25, 0.3) is 0 Å². The molecule has 1 unspecified atom stereocenters. The molecule has 0 amide bonds. The van der Waals surface area contributed by atoms with Crippen LogP contribution in [0.25, 0.3) is 0 Å². The Morgan fingerprint density at radius 2 is 2.03 bits per heavy atom. The molecule has 0 radical (unpaired) electrons. The standard InChI is InChI=1S/C23H23BrN4O3S/c1-4-32-23-26-22-25-14(2)19(21(29)30-3)20(28(22)27-23)16-8-10-18(11-9-16)31-13-15-6-5-7-17(24)12-15/h5-12,20H,4,13H2,1-3H3,(H,25,26,27). The molecule has 1 aliphatic rings. The maximum Gasteiger partial charge on any atom is 0.338 e. The largest absolute Gasteiger partial charge is 0.489 e. The number of nitrogens with zero attached hydrogens (tertiary/aromatic N) is 3. The monoisotopic (exact) mass is 514 g/mol. The van der Waals surface area contributed by atoms with Crippen molar-refractivity contribution >= 4 is 39.6 Å². The summed E-state index contributed by atoms with van der Waals surface area (Å²) in [6, 6.07) is 15.2. The van der Waals surface area contributed by atoms with E-state index in [1.165, 1.54) is 7.11 Å². The molecule has 2 aromatic carbocycles. The van der Waals surface area contributed by atoms with Gasteiger partial charge in [-0.3, -0.25) is 0 Å². The lowest BCUT2D eigenvalue weighted by atomic mass is 9.96. The summed E-state index contributed by atoms with van der Waals surface area (Å²) < 4.78 is 13.8. The zero-order valence-corrected chi connectivity index (χ0v) is 20.4. The topological polar surface area (TPSA) is 78.3 Å². The van der Waals surface area contributed by atoms with Crippen LogP contribution in [0.1, 0.15) is 31.0 Å². The summed E-state index contributed by atoms with van der Waals surface area (Å²) in [6.07, 6.45) is 0. The van der Waals surface area contributed by atoms with Gasteiger partial charge < -0.3 is 14.8 Å². The Kier molecular flexibility index (Phi) is 6.86. The van der Waals surface area contributed by atoms with Gasteiger partial charge in [-0.25, -0.2) is 9.48 Å². The fraction of sp³-hybridized carbons (Fsp3) is 0.261. The lowest BCUT2D eigenvalue weighted by molar-refractivity contribution is -0.136. The molecule has 0 spiro atoms. The first-order chi connectivity index (χ1) is 15.5. The smallest absolute Gasteiger partial charge is 0.338 e. The van der Waals surface area contributed by atoms with Crippen LogP contribution < -0.4 is 10.1 Å². The first-order valence-corrected chi connectivity index (χ1v) is 11.9. The highest BCUT2D eigenvalue weighted by Crippen LogP contribution is 2.37. The normalized spacial score (nSPS) is 15.2. The van der Waals surface area contributed by atoms with E-state index in [9.17, 15) is 4.79 Å². The lowest BCUT2D eigenvalue weighted by Crippen LogP contribution is -2.29. The van der Waals surface area contributed by atoms with Gasteiger partial charge in [0, 0.05) is 10.2 Å². The van der Waals surface area contributed by atoms with Crippen molar-refractivity contribution in [2.75, 3.05) is 18.2 Å². The summed E-state index contributed by atoms with van der Waals surface area (Å²) in [5.41, 5.74) is 3.16. The number of ether oxygens (including phenoxy) is 2. The number of aromatic nitrogens is 3. The first-order valence-electron chi connectivity index (χ1n) is 10.1. The molecule has 2 heterocycles. The number of esters is 1. The van der Waals surface area contributed by atoms with Gasteiger partial charge in [0.2, 0.25) is 11.1 Å². The van der Waals surface area contributed by atoms with Gasteiger partial charge in [-0.05, 0) is 48.1 Å². The third kappa shape index (κ3) is 4.68. The van der Waals surface area contributed by atoms with Crippen LogP contribution >= 0.6 is 27.7 Å². The molecule has 32 heavy (non-hydrogen) atoms. The van der Waals surface area contributed by atoms with E-state index in [2.05, 4.69) is 31.3 Å². The molecule has 1 N–H and O–H groups in total. The molecular weight excluding hydrogens is 492 g/mol. The minimum atomic E-state index is -0.448. The predicted molar refractivity (Wildman–Crippen MR) is 128 cm³/mol. The van der Waals surface area contributed by atoms with Crippen LogP contribution in [0.5, 0.6) is 5.75 Å². The Morgan fingerprint density at radius 3 is 2.72 bits per heavy atom. The highest BCUT2D eigenvalue weighted by molar-refractivity contribution is 9.10.